The van der Waals surface area contributed by atoms with Gasteiger partial charge in [0.05, 0.1) is 42.1 Å². The summed E-state index contributed by atoms with van der Waals surface area (Å²) in [6, 6.07) is 5.70. The van der Waals surface area contributed by atoms with Gasteiger partial charge in [-0.05, 0) is 18.2 Å². The normalized spacial score (nSPS) is 13.9. The van der Waals surface area contributed by atoms with Crippen LogP contribution in [0.4, 0.5) is 0 Å². The second kappa shape index (κ2) is 5.03. The molecule has 2 heterocycles. The number of hydrogen-bond donors (Lipinski definition) is 0. The smallest absolute Gasteiger partial charge is 0.256 e. The van der Waals surface area contributed by atoms with Crippen LogP contribution in [0.2, 0.25) is 0 Å². The molecule has 0 N–H and O–H groups in total. The van der Waals surface area contributed by atoms with E-state index in [2.05, 4.69) is 20.9 Å². The van der Waals surface area contributed by atoms with Crippen LogP contribution in [0.1, 0.15) is 21.7 Å². The lowest BCUT2D eigenvalue weighted by molar-refractivity contribution is 0.0786. The first-order valence-corrected chi connectivity index (χ1v) is 7.00. The lowest BCUT2D eigenvalue weighted by atomic mass is 10.1. The van der Waals surface area contributed by atoms with Crippen molar-refractivity contribution in [1.82, 2.24) is 14.5 Å². The van der Waals surface area contributed by atoms with Gasteiger partial charge in [-0.3, -0.25) is 4.79 Å². The molecule has 0 radical (unpaired) electrons. The highest BCUT2D eigenvalue weighted by Gasteiger charge is 2.26. The summed E-state index contributed by atoms with van der Waals surface area (Å²) in [6.07, 6.45) is 1.75. The molecule has 0 saturated carbocycles. The average Bonchev–Trinajstić information content (AvgIpc) is 2.77. The predicted molar refractivity (Wildman–Crippen MR) is 77.8 cm³/mol. The van der Waals surface area contributed by atoms with Crippen molar-refractivity contribution in [2.24, 2.45) is 0 Å². The number of carbonyl (C=O) groups excluding carboxylic acids is 1. The Hall–Kier alpha value is -1.66. The van der Waals surface area contributed by atoms with Crippen molar-refractivity contribution < 1.29 is 9.53 Å². The number of methoxy groups -OCH3 is 1. The highest BCUT2D eigenvalue weighted by Crippen LogP contribution is 2.28. The summed E-state index contributed by atoms with van der Waals surface area (Å²) in [5.41, 5.74) is 3.38. The Labute approximate surface area is 125 Å². The van der Waals surface area contributed by atoms with Crippen LogP contribution >= 0.6 is 15.9 Å². The summed E-state index contributed by atoms with van der Waals surface area (Å²) in [7, 11) is 3.44. The third-order valence-electron chi connectivity index (χ3n) is 3.42. The first kappa shape index (κ1) is 13.3. The molecule has 0 atom stereocenters. The maximum Gasteiger partial charge on any atom is 0.256 e. The molecular formula is C14H14BrN3O2. The maximum absolute atomic E-state index is 12.5. The molecule has 2 aromatic rings. The van der Waals surface area contributed by atoms with E-state index in [0.29, 0.717) is 18.7 Å². The lowest BCUT2D eigenvalue weighted by Crippen LogP contribution is -2.25. The van der Waals surface area contributed by atoms with E-state index in [0.717, 1.165) is 21.5 Å². The Kier molecular flexibility index (Phi) is 3.35. The molecule has 0 bridgehead atoms. The minimum absolute atomic E-state index is 0.00775. The molecule has 0 fully saturated rings. The highest BCUT2D eigenvalue weighted by molar-refractivity contribution is 9.10. The molecule has 104 valence electrons. The SMILES string of the molecule is COCc1ncn2c1CN(C)C(=O)c1cc(Br)ccc1-2. The van der Waals surface area contributed by atoms with Gasteiger partial charge in [0.2, 0.25) is 0 Å². The number of fused-ring (bicyclic) bond motifs is 3. The maximum atomic E-state index is 12.5. The van der Waals surface area contributed by atoms with Crippen LogP contribution in [0.25, 0.3) is 5.69 Å². The van der Waals surface area contributed by atoms with Gasteiger partial charge in [-0.1, -0.05) is 15.9 Å². The third-order valence-corrected chi connectivity index (χ3v) is 3.91. The van der Waals surface area contributed by atoms with Crippen LogP contribution in [-0.4, -0.2) is 34.5 Å². The van der Waals surface area contributed by atoms with Gasteiger partial charge >= 0.3 is 0 Å². The van der Waals surface area contributed by atoms with Crippen molar-refractivity contribution in [1.29, 1.82) is 0 Å². The number of imidazole rings is 1. The molecule has 20 heavy (non-hydrogen) atoms. The lowest BCUT2D eigenvalue weighted by Gasteiger charge is -2.14. The average molecular weight is 336 g/mol. The van der Waals surface area contributed by atoms with Gasteiger partial charge < -0.3 is 14.2 Å². The molecule has 1 aliphatic rings. The molecule has 6 heteroatoms. The van der Waals surface area contributed by atoms with Crippen LogP contribution < -0.4 is 0 Å². The Morgan fingerprint density at radius 3 is 3.00 bits per heavy atom. The number of hydrogen-bond acceptors (Lipinski definition) is 3. The fourth-order valence-electron chi connectivity index (χ4n) is 2.43. The number of carbonyl (C=O) groups is 1. The van der Waals surface area contributed by atoms with E-state index >= 15 is 0 Å². The number of rotatable bonds is 2. The largest absolute Gasteiger partial charge is 0.378 e. The van der Waals surface area contributed by atoms with Crippen LogP contribution in [0, 0.1) is 0 Å². The van der Waals surface area contributed by atoms with Gasteiger partial charge in [0.25, 0.3) is 5.91 Å². The summed E-state index contributed by atoms with van der Waals surface area (Å²) in [5, 5.41) is 0. The van der Waals surface area contributed by atoms with Crippen molar-refractivity contribution in [2.75, 3.05) is 14.2 Å². The van der Waals surface area contributed by atoms with Crippen molar-refractivity contribution in [2.45, 2.75) is 13.2 Å². The van der Waals surface area contributed by atoms with E-state index in [9.17, 15) is 4.79 Å². The van der Waals surface area contributed by atoms with E-state index < -0.39 is 0 Å². The number of aromatic nitrogens is 2. The number of halogens is 1. The van der Waals surface area contributed by atoms with Crippen molar-refractivity contribution in [3.8, 4) is 5.69 Å². The number of nitrogens with zero attached hydrogens (tertiary/aromatic N) is 3. The Bertz CT molecular complexity index is 681. The van der Waals surface area contributed by atoms with Crippen LogP contribution in [0.15, 0.2) is 29.0 Å². The fourth-order valence-corrected chi connectivity index (χ4v) is 2.80. The fraction of sp³-hybridized carbons (Fsp3) is 0.286. The first-order valence-electron chi connectivity index (χ1n) is 6.21. The van der Waals surface area contributed by atoms with E-state index in [4.69, 9.17) is 4.74 Å². The molecule has 0 aliphatic carbocycles. The summed E-state index contributed by atoms with van der Waals surface area (Å²) >= 11 is 3.42. The zero-order valence-corrected chi connectivity index (χ0v) is 12.8. The minimum atomic E-state index is 0.00775. The highest BCUT2D eigenvalue weighted by atomic mass is 79.9. The van der Waals surface area contributed by atoms with Gasteiger partial charge in [-0.25, -0.2) is 4.98 Å². The molecule has 3 rings (SSSR count). The molecule has 1 aliphatic heterocycles. The van der Waals surface area contributed by atoms with Crippen molar-refractivity contribution >= 4 is 21.8 Å². The topological polar surface area (TPSA) is 47.4 Å². The zero-order chi connectivity index (χ0) is 14.3. The van der Waals surface area contributed by atoms with Gasteiger partial charge in [0, 0.05) is 18.6 Å². The molecule has 5 nitrogen and oxygen atoms in total. The first-order chi connectivity index (χ1) is 9.61. The number of ether oxygens (including phenoxy) is 1. The second-order valence-electron chi connectivity index (χ2n) is 4.76. The molecule has 1 aromatic heterocycles. The van der Waals surface area contributed by atoms with Gasteiger partial charge in [-0.15, -0.1) is 0 Å². The summed E-state index contributed by atoms with van der Waals surface area (Å²) in [5.74, 6) is 0.00775. The van der Waals surface area contributed by atoms with Crippen molar-refractivity contribution in [3.63, 3.8) is 0 Å². The van der Waals surface area contributed by atoms with E-state index in [1.807, 2.05) is 22.8 Å². The molecule has 1 amide bonds. The predicted octanol–water partition coefficient (Wildman–Crippen LogP) is 2.37. The van der Waals surface area contributed by atoms with E-state index in [1.165, 1.54) is 0 Å². The van der Waals surface area contributed by atoms with Crippen LogP contribution in [-0.2, 0) is 17.9 Å². The number of benzene rings is 1. The second-order valence-corrected chi connectivity index (χ2v) is 5.68. The summed E-state index contributed by atoms with van der Waals surface area (Å²) in [4.78, 5) is 18.6. The summed E-state index contributed by atoms with van der Waals surface area (Å²) < 4.78 is 8.03. The Balaban J connectivity index is 2.23. The number of amides is 1. The Morgan fingerprint density at radius 2 is 2.25 bits per heavy atom. The third kappa shape index (κ3) is 2.05. The van der Waals surface area contributed by atoms with Crippen LogP contribution in [0.3, 0.4) is 0 Å². The van der Waals surface area contributed by atoms with E-state index in [-0.39, 0.29) is 5.91 Å². The zero-order valence-electron chi connectivity index (χ0n) is 11.3. The van der Waals surface area contributed by atoms with Crippen molar-refractivity contribution in [3.05, 3.63) is 46.0 Å². The molecule has 0 spiro atoms. The monoisotopic (exact) mass is 335 g/mol. The molecular weight excluding hydrogens is 322 g/mol. The van der Waals surface area contributed by atoms with E-state index in [1.54, 1.807) is 25.4 Å². The van der Waals surface area contributed by atoms with Gasteiger partial charge in [0.15, 0.2) is 0 Å². The van der Waals surface area contributed by atoms with Crippen LogP contribution in [0.5, 0.6) is 0 Å². The quantitative estimate of drug-likeness (QED) is 0.846. The molecule has 1 aromatic carbocycles. The molecule has 0 unspecified atom stereocenters. The van der Waals surface area contributed by atoms with Gasteiger partial charge in [0.1, 0.15) is 0 Å². The minimum Gasteiger partial charge on any atom is -0.378 e. The Morgan fingerprint density at radius 1 is 1.45 bits per heavy atom. The summed E-state index contributed by atoms with van der Waals surface area (Å²) in [6.45, 7) is 0.958. The van der Waals surface area contributed by atoms with Gasteiger partial charge in [-0.2, -0.15) is 0 Å². The molecule has 0 saturated heterocycles. The standard InChI is InChI=1S/C14H14BrN3O2/c1-17-6-13-11(7-20-2)16-8-18(13)12-4-3-9(15)5-10(12)14(17)19/h3-5,8H,6-7H2,1-2H3.